The van der Waals surface area contributed by atoms with Gasteiger partial charge in [-0.2, -0.15) is 0 Å². The van der Waals surface area contributed by atoms with Crippen LogP contribution in [-0.4, -0.2) is 30.8 Å². The molecule has 0 heterocycles. The van der Waals surface area contributed by atoms with Crippen LogP contribution in [0, 0.1) is 5.92 Å². The van der Waals surface area contributed by atoms with E-state index in [1.807, 2.05) is 0 Å². The second-order valence-corrected chi connectivity index (χ2v) is 4.19. The Kier molecular flexibility index (Phi) is 4.91. The molecule has 0 aromatic carbocycles. The van der Waals surface area contributed by atoms with Crippen molar-refractivity contribution in [1.29, 1.82) is 0 Å². The van der Waals surface area contributed by atoms with Crippen molar-refractivity contribution in [2.24, 2.45) is 5.92 Å². The minimum absolute atomic E-state index is 0.0308. The number of hydrogen-bond acceptors (Lipinski definition) is 4. The maximum atomic E-state index is 14.5. The van der Waals surface area contributed by atoms with Crippen LogP contribution in [0.25, 0.3) is 0 Å². The minimum atomic E-state index is -3.12. The van der Waals surface area contributed by atoms with Gasteiger partial charge in [0.15, 0.2) is 5.83 Å². The van der Waals surface area contributed by atoms with Crippen LogP contribution in [0.4, 0.5) is 17.6 Å². The summed E-state index contributed by atoms with van der Waals surface area (Å²) in [5.74, 6) is -8.71. The van der Waals surface area contributed by atoms with Crippen molar-refractivity contribution in [2.45, 2.75) is 19.5 Å². The summed E-state index contributed by atoms with van der Waals surface area (Å²) in [7, 11) is 0. The highest BCUT2D eigenvalue weighted by atomic mass is 19.2. The molecule has 0 bridgehead atoms. The largest absolute Gasteiger partial charge is 0.465 e. The van der Waals surface area contributed by atoms with Crippen LogP contribution in [0.2, 0.25) is 0 Å². The smallest absolute Gasteiger partial charge is 0.302 e. The summed E-state index contributed by atoms with van der Waals surface area (Å²) in [5, 5.41) is 0. The number of rotatable bonds is 4. The third-order valence-corrected chi connectivity index (χ3v) is 2.68. The SMILES string of the molecule is CC(=O)OCC1C(F)=C(F)C=C(F)C1(F)COC(C)=O. The zero-order chi connectivity index (χ0) is 15.5. The topological polar surface area (TPSA) is 52.6 Å². The van der Waals surface area contributed by atoms with Gasteiger partial charge in [-0.05, 0) is 0 Å². The fourth-order valence-electron chi connectivity index (χ4n) is 1.62. The van der Waals surface area contributed by atoms with Crippen LogP contribution in [0.3, 0.4) is 0 Å². The minimum Gasteiger partial charge on any atom is -0.465 e. The highest BCUT2D eigenvalue weighted by Crippen LogP contribution is 2.43. The molecule has 0 aromatic heterocycles. The lowest BCUT2D eigenvalue weighted by atomic mass is 9.84. The van der Waals surface area contributed by atoms with Crippen molar-refractivity contribution < 1.29 is 36.6 Å². The number of carbonyl (C=O) groups is 2. The predicted molar refractivity (Wildman–Crippen MR) is 59.0 cm³/mol. The van der Waals surface area contributed by atoms with Crippen molar-refractivity contribution in [1.82, 2.24) is 0 Å². The Balaban J connectivity index is 3.05. The van der Waals surface area contributed by atoms with Crippen LogP contribution in [-0.2, 0) is 19.1 Å². The molecule has 112 valence electrons. The molecule has 0 aromatic rings. The molecule has 2 unspecified atom stereocenters. The molecule has 8 heteroatoms. The van der Waals surface area contributed by atoms with E-state index in [2.05, 4.69) is 9.47 Å². The van der Waals surface area contributed by atoms with Gasteiger partial charge in [0.05, 0.1) is 5.92 Å². The number of hydrogen-bond donors (Lipinski definition) is 0. The zero-order valence-corrected chi connectivity index (χ0v) is 10.7. The van der Waals surface area contributed by atoms with Gasteiger partial charge in [0.1, 0.15) is 24.9 Å². The summed E-state index contributed by atoms with van der Waals surface area (Å²) < 4.78 is 63.6. The predicted octanol–water partition coefficient (Wildman–Crippen LogP) is 2.45. The number of alkyl halides is 1. The van der Waals surface area contributed by atoms with E-state index in [0.29, 0.717) is 0 Å². The molecule has 0 fully saturated rings. The molecule has 2 atom stereocenters. The van der Waals surface area contributed by atoms with Gasteiger partial charge in [-0.15, -0.1) is 0 Å². The standard InChI is InChI=1S/C12H12F4O4/c1-6(17)19-4-8-11(15)9(13)3-10(14)12(8,16)5-20-7(2)18/h3,8H,4-5H2,1-2H3. The molecule has 1 aliphatic rings. The molecule has 0 amide bonds. The summed E-state index contributed by atoms with van der Waals surface area (Å²) in [4.78, 5) is 21.3. The first-order valence-corrected chi connectivity index (χ1v) is 5.57. The maximum Gasteiger partial charge on any atom is 0.302 e. The molecule has 1 rings (SSSR count). The van der Waals surface area contributed by atoms with Crippen molar-refractivity contribution >= 4 is 11.9 Å². The highest BCUT2D eigenvalue weighted by molar-refractivity contribution is 5.66. The van der Waals surface area contributed by atoms with Crippen LogP contribution in [0.15, 0.2) is 23.6 Å². The van der Waals surface area contributed by atoms with E-state index >= 15 is 0 Å². The highest BCUT2D eigenvalue weighted by Gasteiger charge is 2.51. The second-order valence-electron chi connectivity index (χ2n) is 4.19. The first kappa shape index (κ1) is 16.2. The fraction of sp³-hybridized carbons (Fsp3) is 0.500. The van der Waals surface area contributed by atoms with E-state index in [9.17, 15) is 27.2 Å². The third kappa shape index (κ3) is 3.37. The van der Waals surface area contributed by atoms with Crippen LogP contribution in [0.1, 0.15) is 13.8 Å². The van der Waals surface area contributed by atoms with Gasteiger partial charge in [-0.1, -0.05) is 0 Å². The van der Waals surface area contributed by atoms with E-state index < -0.39 is 54.2 Å². The Bertz CT molecular complexity index is 486. The average Bonchev–Trinajstić information content (AvgIpc) is 2.34. The van der Waals surface area contributed by atoms with Crippen LogP contribution >= 0.6 is 0 Å². The Morgan fingerprint density at radius 3 is 2.25 bits per heavy atom. The van der Waals surface area contributed by atoms with E-state index in [1.54, 1.807) is 0 Å². The number of esters is 2. The monoisotopic (exact) mass is 296 g/mol. The van der Waals surface area contributed by atoms with Gasteiger partial charge >= 0.3 is 11.9 Å². The van der Waals surface area contributed by atoms with Crippen molar-refractivity contribution in [2.75, 3.05) is 13.2 Å². The first-order valence-electron chi connectivity index (χ1n) is 5.57. The zero-order valence-electron chi connectivity index (χ0n) is 10.7. The van der Waals surface area contributed by atoms with Gasteiger partial charge < -0.3 is 9.47 Å². The Morgan fingerprint density at radius 1 is 1.20 bits per heavy atom. The van der Waals surface area contributed by atoms with Gasteiger partial charge in [-0.25, -0.2) is 17.6 Å². The lowest BCUT2D eigenvalue weighted by Crippen LogP contribution is -2.44. The number of ether oxygens (including phenoxy) is 2. The molecule has 20 heavy (non-hydrogen) atoms. The summed E-state index contributed by atoms with van der Waals surface area (Å²) >= 11 is 0. The normalized spacial score (nSPS) is 26.1. The molecule has 0 spiro atoms. The molecule has 4 nitrogen and oxygen atoms in total. The van der Waals surface area contributed by atoms with E-state index in [1.165, 1.54) is 0 Å². The Hall–Kier alpha value is -1.86. The summed E-state index contributed by atoms with van der Waals surface area (Å²) in [6.07, 6.45) is 0.0308. The van der Waals surface area contributed by atoms with Gasteiger partial charge in [0.2, 0.25) is 5.67 Å². The van der Waals surface area contributed by atoms with Crippen molar-refractivity contribution in [3.63, 3.8) is 0 Å². The lowest BCUT2D eigenvalue weighted by molar-refractivity contribution is -0.151. The number of carbonyl (C=O) groups excluding carboxylic acids is 2. The number of allylic oxidation sites excluding steroid dienone is 2. The summed E-state index contributed by atoms with van der Waals surface area (Å²) in [6.45, 7) is -0.161. The average molecular weight is 296 g/mol. The molecule has 0 saturated carbocycles. The molecule has 0 N–H and O–H groups in total. The first-order chi connectivity index (χ1) is 9.18. The van der Waals surface area contributed by atoms with Gasteiger partial charge in [-0.3, -0.25) is 9.59 Å². The number of halogens is 4. The summed E-state index contributed by atoms with van der Waals surface area (Å²) in [5.41, 5.74) is -3.12. The van der Waals surface area contributed by atoms with Gasteiger partial charge in [0.25, 0.3) is 0 Å². The van der Waals surface area contributed by atoms with E-state index in [0.717, 1.165) is 13.8 Å². The van der Waals surface area contributed by atoms with E-state index in [4.69, 9.17) is 0 Å². The molecule has 1 aliphatic carbocycles. The lowest BCUT2D eigenvalue weighted by Gasteiger charge is -2.32. The van der Waals surface area contributed by atoms with E-state index in [-0.39, 0.29) is 6.08 Å². The molecule has 0 radical (unpaired) electrons. The molecular weight excluding hydrogens is 284 g/mol. The second kappa shape index (κ2) is 6.06. The summed E-state index contributed by atoms with van der Waals surface area (Å²) in [6, 6.07) is 0. The quantitative estimate of drug-likeness (QED) is 0.590. The Labute approximate surface area is 112 Å². The molecule has 0 aliphatic heterocycles. The Morgan fingerprint density at radius 2 is 1.75 bits per heavy atom. The van der Waals surface area contributed by atoms with Crippen LogP contribution in [0.5, 0.6) is 0 Å². The van der Waals surface area contributed by atoms with Crippen molar-refractivity contribution in [3.8, 4) is 0 Å². The van der Waals surface area contributed by atoms with Crippen LogP contribution < -0.4 is 0 Å². The molecular formula is C12H12F4O4. The third-order valence-electron chi connectivity index (χ3n) is 2.68. The fourth-order valence-corrected chi connectivity index (χ4v) is 1.62. The molecule has 0 saturated heterocycles. The van der Waals surface area contributed by atoms with Crippen molar-refractivity contribution in [3.05, 3.63) is 23.6 Å². The van der Waals surface area contributed by atoms with Gasteiger partial charge in [0, 0.05) is 19.9 Å². The maximum absolute atomic E-state index is 14.5.